The van der Waals surface area contributed by atoms with Crippen LogP contribution in [0.5, 0.6) is 0 Å². The first-order valence-electron chi connectivity index (χ1n) is 7.49. The molecular formula is C18H18ClFN2O2. The van der Waals surface area contributed by atoms with Crippen molar-refractivity contribution in [2.24, 2.45) is 0 Å². The number of hydrogen-bond acceptors (Lipinski definition) is 2. The van der Waals surface area contributed by atoms with Gasteiger partial charge < -0.3 is 10.2 Å². The van der Waals surface area contributed by atoms with Gasteiger partial charge in [-0.2, -0.15) is 0 Å². The highest BCUT2D eigenvalue weighted by atomic mass is 35.5. The molecule has 0 aliphatic carbocycles. The molecule has 126 valence electrons. The third-order valence-electron chi connectivity index (χ3n) is 3.47. The molecule has 6 heteroatoms. The Kier molecular flexibility index (Phi) is 6.32. The molecule has 0 spiro atoms. The van der Waals surface area contributed by atoms with Crippen molar-refractivity contribution in [1.82, 2.24) is 4.90 Å². The lowest BCUT2D eigenvalue weighted by atomic mass is 10.1. The zero-order valence-corrected chi connectivity index (χ0v) is 14.0. The van der Waals surface area contributed by atoms with Crippen LogP contribution in [-0.2, 0) is 16.0 Å². The Morgan fingerprint density at radius 1 is 1.17 bits per heavy atom. The molecular weight excluding hydrogens is 331 g/mol. The maximum Gasteiger partial charge on any atom is 0.243 e. The molecule has 0 heterocycles. The second-order valence-corrected chi connectivity index (χ2v) is 5.81. The van der Waals surface area contributed by atoms with Gasteiger partial charge in [0.15, 0.2) is 0 Å². The topological polar surface area (TPSA) is 49.4 Å². The molecule has 0 aliphatic heterocycles. The van der Waals surface area contributed by atoms with Gasteiger partial charge in [0.2, 0.25) is 11.8 Å². The monoisotopic (exact) mass is 348 g/mol. The number of hydrogen-bond donors (Lipinski definition) is 1. The standard InChI is InChI=1S/C18H18ClFN2O2/c1-13(23)22(10-9-14-5-7-15(19)8-6-14)12-18(24)21-17-4-2-3-16(20)11-17/h2-8,11H,9-10,12H2,1H3,(H,21,24). The van der Waals surface area contributed by atoms with Crippen molar-refractivity contribution in [2.45, 2.75) is 13.3 Å². The molecule has 4 nitrogen and oxygen atoms in total. The predicted octanol–water partition coefficient (Wildman–Crippen LogP) is 3.51. The second kappa shape index (κ2) is 8.45. The molecule has 0 aliphatic rings. The van der Waals surface area contributed by atoms with Gasteiger partial charge in [0.1, 0.15) is 5.82 Å². The highest BCUT2D eigenvalue weighted by Gasteiger charge is 2.14. The maximum absolute atomic E-state index is 13.1. The first-order chi connectivity index (χ1) is 11.4. The van der Waals surface area contributed by atoms with Crippen LogP contribution in [0.25, 0.3) is 0 Å². The first-order valence-corrected chi connectivity index (χ1v) is 7.87. The van der Waals surface area contributed by atoms with Crippen LogP contribution in [-0.4, -0.2) is 29.8 Å². The third kappa shape index (κ3) is 5.66. The molecule has 2 rings (SSSR count). The van der Waals surface area contributed by atoms with E-state index in [-0.39, 0.29) is 18.4 Å². The highest BCUT2D eigenvalue weighted by Crippen LogP contribution is 2.11. The van der Waals surface area contributed by atoms with Gasteiger partial charge in [0, 0.05) is 24.2 Å². The third-order valence-corrected chi connectivity index (χ3v) is 3.72. The quantitative estimate of drug-likeness (QED) is 0.868. The molecule has 2 aromatic rings. The minimum Gasteiger partial charge on any atom is -0.333 e. The van der Waals surface area contributed by atoms with Crippen molar-refractivity contribution in [3.8, 4) is 0 Å². The van der Waals surface area contributed by atoms with Crippen molar-refractivity contribution < 1.29 is 14.0 Å². The van der Waals surface area contributed by atoms with E-state index in [0.717, 1.165) is 5.56 Å². The van der Waals surface area contributed by atoms with E-state index in [0.29, 0.717) is 23.7 Å². The predicted molar refractivity (Wildman–Crippen MR) is 92.4 cm³/mol. The van der Waals surface area contributed by atoms with E-state index in [1.54, 1.807) is 18.2 Å². The lowest BCUT2D eigenvalue weighted by Crippen LogP contribution is -2.38. The van der Waals surface area contributed by atoms with Gasteiger partial charge in [-0.15, -0.1) is 0 Å². The fraction of sp³-hybridized carbons (Fsp3) is 0.222. The second-order valence-electron chi connectivity index (χ2n) is 5.38. The number of rotatable bonds is 6. The Morgan fingerprint density at radius 2 is 1.88 bits per heavy atom. The normalized spacial score (nSPS) is 10.3. The van der Waals surface area contributed by atoms with Gasteiger partial charge in [0.25, 0.3) is 0 Å². The Balaban J connectivity index is 1.91. The maximum atomic E-state index is 13.1. The van der Waals surface area contributed by atoms with E-state index in [2.05, 4.69) is 5.32 Å². The number of halogens is 2. The summed E-state index contributed by atoms with van der Waals surface area (Å²) in [6.45, 7) is 1.74. The van der Waals surface area contributed by atoms with Crippen LogP contribution < -0.4 is 5.32 Å². The molecule has 0 saturated heterocycles. The number of nitrogens with one attached hydrogen (secondary N) is 1. The van der Waals surface area contributed by atoms with Gasteiger partial charge in [0.05, 0.1) is 6.54 Å². The number of carbonyl (C=O) groups is 2. The van der Waals surface area contributed by atoms with Crippen LogP contribution in [0.3, 0.4) is 0 Å². The van der Waals surface area contributed by atoms with Crippen LogP contribution in [0.2, 0.25) is 5.02 Å². The van der Waals surface area contributed by atoms with Crippen LogP contribution in [0.4, 0.5) is 10.1 Å². The van der Waals surface area contributed by atoms with E-state index < -0.39 is 5.82 Å². The number of benzene rings is 2. The minimum atomic E-state index is -0.432. The summed E-state index contributed by atoms with van der Waals surface area (Å²) in [5.41, 5.74) is 1.39. The summed E-state index contributed by atoms with van der Waals surface area (Å²) < 4.78 is 13.1. The lowest BCUT2D eigenvalue weighted by Gasteiger charge is -2.20. The van der Waals surface area contributed by atoms with Crippen molar-refractivity contribution in [3.63, 3.8) is 0 Å². The minimum absolute atomic E-state index is 0.0839. The van der Waals surface area contributed by atoms with E-state index in [4.69, 9.17) is 11.6 Å². The highest BCUT2D eigenvalue weighted by molar-refractivity contribution is 6.30. The molecule has 24 heavy (non-hydrogen) atoms. The number of amides is 2. The molecule has 1 N–H and O–H groups in total. The Bertz CT molecular complexity index is 719. The molecule has 0 aromatic heterocycles. The molecule has 0 unspecified atom stereocenters. The number of carbonyl (C=O) groups excluding carboxylic acids is 2. The molecule has 2 aromatic carbocycles. The molecule has 2 amide bonds. The smallest absolute Gasteiger partial charge is 0.243 e. The van der Waals surface area contributed by atoms with E-state index in [1.165, 1.54) is 30.0 Å². The summed E-state index contributed by atoms with van der Waals surface area (Å²) in [5, 5.41) is 3.23. The van der Waals surface area contributed by atoms with Gasteiger partial charge in [-0.25, -0.2) is 4.39 Å². The molecule has 0 bridgehead atoms. The summed E-state index contributed by atoms with van der Waals surface area (Å²) in [7, 11) is 0. The van der Waals surface area contributed by atoms with Crippen LogP contribution in [0.15, 0.2) is 48.5 Å². The SMILES string of the molecule is CC(=O)N(CCc1ccc(Cl)cc1)CC(=O)Nc1cccc(F)c1. The summed E-state index contributed by atoms with van der Waals surface area (Å²) in [5.74, 6) is -0.996. The summed E-state index contributed by atoms with van der Waals surface area (Å²) in [6.07, 6.45) is 0.615. The molecule has 0 saturated carbocycles. The van der Waals surface area contributed by atoms with Crippen LogP contribution in [0, 0.1) is 5.82 Å². The van der Waals surface area contributed by atoms with Gasteiger partial charge in [-0.3, -0.25) is 9.59 Å². The zero-order valence-electron chi connectivity index (χ0n) is 13.3. The summed E-state index contributed by atoms with van der Waals surface area (Å²) >= 11 is 5.84. The Morgan fingerprint density at radius 3 is 2.50 bits per heavy atom. The number of anilines is 1. The fourth-order valence-electron chi connectivity index (χ4n) is 2.20. The zero-order chi connectivity index (χ0) is 17.5. The molecule has 0 atom stereocenters. The number of nitrogens with zero attached hydrogens (tertiary/aromatic N) is 1. The van der Waals surface area contributed by atoms with Gasteiger partial charge >= 0.3 is 0 Å². The van der Waals surface area contributed by atoms with Crippen LogP contribution >= 0.6 is 11.6 Å². The van der Waals surface area contributed by atoms with Crippen LogP contribution in [0.1, 0.15) is 12.5 Å². The first kappa shape index (κ1) is 17.9. The molecule has 0 radical (unpaired) electrons. The summed E-state index contributed by atoms with van der Waals surface area (Å²) in [4.78, 5) is 25.2. The Hall–Kier alpha value is -2.40. The van der Waals surface area contributed by atoms with Crippen molar-refractivity contribution >= 4 is 29.1 Å². The van der Waals surface area contributed by atoms with Crippen molar-refractivity contribution in [1.29, 1.82) is 0 Å². The average molecular weight is 349 g/mol. The Labute approximate surface area is 145 Å². The molecule has 0 fully saturated rings. The average Bonchev–Trinajstić information content (AvgIpc) is 2.52. The van der Waals surface area contributed by atoms with E-state index in [9.17, 15) is 14.0 Å². The van der Waals surface area contributed by atoms with E-state index in [1.807, 2.05) is 12.1 Å². The fourth-order valence-corrected chi connectivity index (χ4v) is 2.33. The van der Waals surface area contributed by atoms with E-state index >= 15 is 0 Å². The van der Waals surface area contributed by atoms with Crippen molar-refractivity contribution in [3.05, 3.63) is 64.9 Å². The largest absolute Gasteiger partial charge is 0.333 e. The van der Waals surface area contributed by atoms with Crippen molar-refractivity contribution in [2.75, 3.05) is 18.4 Å². The van der Waals surface area contributed by atoms with Gasteiger partial charge in [-0.05, 0) is 42.3 Å². The van der Waals surface area contributed by atoms with Gasteiger partial charge in [-0.1, -0.05) is 29.8 Å². The lowest BCUT2D eigenvalue weighted by molar-refractivity contribution is -0.132. The summed E-state index contributed by atoms with van der Waals surface area (Å²) in [6, 6.07) is 13.0.